The third-order valence-electron chi connectivity index (χ3n) is 4.63. The summed E-state index contributed by atoms with van der Waals surface area (Å²) in [5, 5.41) is 10.8. The summed E-state index contributed by atoms with van der Waals surface area (Å²) < 4.78 is 15.5. The average molecular weight is 329 g/mol. The second-order valence-corrected chi connectivity index (χ2v) is 5.92. The number of esters is 2. The van der Waals surface area contributed by atoms with Crippen LogP contribution in [0.5, 0.6) is 0 Å². The smallest absolute Gasteiger partial charge is 0.312 e. The van der Waals surface area contributed by atoms with E-state index in [9.17, 15) is 14.7 Å². The van der Waals surface area contributed by atoms with Crippen LogP contribution in [0.2, 0.25) is 0 Å². The lowest BCUT2D eigenvalue weighted by Crippen LogP contribution is -2.57. The van der Waals surface area contributed by atoms with Gasteiger partial charge in [0.2, 0.25) is 0 Å². The molecule has 2 rings (SSSR count). The van der Waals surface area contributed by atoms with Crippen LogP contribution in [-0.4, -0.2) is 73.6 Å². The van der Waals surface area contributed by atoms with Crippen molar-refractivity contribution in [2.75, 3.05) is 39.5 Å². The van der Waals surface area contributed by atoms with Crippen LogP contribution in [0.1, 0.15) is 26.7 Å². The zero-order valence-electron chi connectivity index (χ0n) is 13.9. The van der Waals surface area contributed by atoms with Gasteiger partial charge in [-0.1, -0.05) is 0 Å². The van der Waals surface area contributed by atoms with Gasteiger partial charge in [0.15, 0.2) is 0 Å². The lowest BCUT2D eigenvalue weighted by atomic mass is 9.74. The maximum atomic E-state index is 12.3. The molecule has 0 spiro atoms. The molecule has 2 aliphatic rings. The third-order valence-corrected chi connectivity index (χ3v) is 4.63. The summed E-state index contributed by atoms with van der Waals surface area (Å²) in [5.74, 6) is -2.45. The van der Waals surface area contributed by atoms with Crippen molar-refractivity contribution in [3.8, 4) is 0 Å². The second kappa shape index (κ2) is 8.61. The summed E-state index contributed by atoms with van der Waals surface area (Å²) in [5.41, 5.74) is 0. The van der Waals surface area contributed by atoms with Crippen molar-refractivity contribution < 1.29 is 28.9 Å². The molecule has 1 aliphatic carbocycles. The Bertz CT molecular complexity index is 409. The zero-order chi connectivity index (χ0) is 16.8. The molecule has 1 saturated heterocycles. The molecule has 0 aromatic carbocycles. The van der Waals surface area contributed by atoms with Crippen molar-refractivity contribution in [3.05, 3.63) is 0 Å². The number of morpholine rings is 1. The second-order valence-electron chi connectivity index (χ2n) is 5.92. The lowest BCUT2D eigenvalue weighted by molar-refractivity contribution is -0.173. The maximum Gasteiger partial charge on any atom is 0.312 e. The summed E-state index contributed by atoms with van der Waals surface area (Å²) in [7, 11) is 0. The Kier molecular flexibility index (Phi) is 6.80. The summed E-state index contributed by atoms with van der Waals surface area (Å²) in [4.78, 5) is 26.6. The Morgan fingerprint density at radius 2 is 1.70 bits per heavy atom. The highest BCUT2D eigenvalue weighted by Crippen LogP contribution is 2.35. The maximum absolute atomic E-state index is 12.3. The number of hydrogen-bond donors (Lipinski definition) is 1. The van der Waals surface area contributed by atoms with Crippen LogP contribution in [0.4, 0.5) is 0 Å². The molecule has 7 heteroatoms. The van der Waals surface area contributed by atoms with Crippen molar-refractivity contribution in [1.29, 1.82) is 0 Å². The Labute approximate surface area is 136 Å². The van der Waals surface area contributed by atoms with Gasteiger partial charge in [-0.05, 0) is 26.7 Å². The van der Waals surface area contributed by atoms with Crippen LogP contribution >= 0.6 is 0 Å². The van der Waals surface area contributed by atoms with E-state index in [0.29, 0.717) is 26.1 Å². The number of carbonyl (C=O) groups is 2. The Morgan fingerprint density at radius 3 is 2.30 bits per heavy atom. The molecule has 0 unspecified atom stereocenters. The first kappa shape index (κ1) is 18.2. The number of hydrogen-bond acceptors (Lipinski definition) is 7. The standard InChI is InChI=1S/C16H27NO6/c1-3-22-15(19)11-5-6-12(17-7-9-21-10-8-17)14(18)13(11)16(20)23-4-2/h11-14,18H,3-10H2,1-2H3/t11-,12-,13+,14+/m0/s1. The number of nitrogens with zero attached hydrogens (tertiary/aromatic N) is 1. The van der Waals surface area contributed by atoms with E-state index in [1.807, 2.05) is 0 Å². The van der Waals surface area contributed by atoms with Crippen molar-refractivity contribution in [3.63, 3.8) is 0 Å². The Hall–Kier alpha value is -1.18. The molecule has 7 nitrogen and oxygen atoms in total. The molecule has 23 heavy (non-hydrogen) atoms. The van der Waals surface area contributed by atoms with Gasteiger partial charge in [0.05, 0.1) is 44.4 Å². The summed E-state index contributed by atoms with van der Waals surface area (Å²) in [6, 6.07) is -0.154. The highest BCUT2D eigenvalue weighted by atomic mass is 16.5. The molecule has 1 saturated carbocycles. The quantitative estimate of drug-likeness (QED) is 0.721. The van der Waals surface area contributed by atoms with Gasteiger partial charge in [0, 0.05) is 19.1 Å². The Morgan fingerprint density at radius 1 is 1.09 bits per heavy atom. The van der Waals surface area contributed by atoms with Gasteiger partial charge in [-0.25, -0.2) is 0 Å². The first-order chi connectivity index (χ1) is 11.1. The van der Waals surface area contributed by atoms with Gasteiger partial charge < -0.3 is 19.3 Å². The minimum absolute atomic E-state index is 0.154. The number of carbonyl (C=O) groups excluding carboxylic acids is 2. The first-order valence-corrected chi connectivity index (χ1v) is 8.43. The predicted molar refractivity (Wildman–Crippen MR) is 81.7 cm³/mol. The molecular formula is C16H27NO6. The summed E-state index contributed by atoms with van der Waals surface area (Å²) in [6.45, 7) is 6.61. The highest BCUT2D eigenvalue weighted by molar-refractivity contribution is 5.83. The number of rotatable bonds is 5. The van der Waals surface area contributed by atoms with Crippen LogP contribution < -0.4 is 0 Å². The highest BCUT2D eigenvalue weighted by Gasteiger charge is 2.48. The molecule has 0 radical (unpaired) electrons. The van der Waals surface area contributed by atoms with Crippen molar-refractivity contribution in [2.45, 2.75) is 38.8 Å². The van der Waals surface area contributed by atoms with E-state index in [1.54, 1.807) is 13.8 Å². The van der Waals surface area contributed by atoms with E-state index in [4.69, 9.17) is 14.2 Å². The lowest BCUT2D eigenvalue weighted by Gasteiger charge is -2.44. The van der Waals surface area contributed by atoms with E-state index in [0.717, 1.165) is 13.1 Å². The molecule has 0 aromatic rings. The summed E-state index contributed by atoms with van der Waals surface area (Å²) in [6.07, 6.45) is 0.234. The van der Waals surface area contributed by atoms with E-state index < -0.39 is 29.9 Å². The molecule has 0 aromatic heterocycles. The van der Waals surface area contributed by atoms with E-state index in [-0.39, 0.29) is 19.3 Å². The molecular weight excluding hydrogens is 302 g/mol. The fourth-order valence-electron chi connectivity index (χ4n) is 3.54. The number of ether oxygens (including phenoxy) is 3. The fraction of sp³-hybridized carbons (Fsp3) is 0.875. The monoisotopic (exact) mass is 329 g/mol. The minimum Gasteiger partial charge on any atom is -0.466 e. The topological polar surface area (TPSA) is 85.3 Å². The van der Waals surface area contributed by atoms with Crippen LogP contribution in [0, 0.1) is 11.8 Å². The third kappa shape index (κ3) is 4.22. The van der Waals surface area contributed by atoms with Crippen molar-refractivity contribution in [2.24, 2.45) is 11.8 Å². The van der Waals surface area contributed by atoms with Gasteiger partial charge in [-0.3, -0.25) is 14.5 Å². The zero-order valence-corrected chi connectivity index (χ0v) is 13.9. The molecule has 0 bridgehead atoms. The average Bonchev–Trinajstić information content (AvgIpc) is 2.55. The van der Waals surface area contributed by atoms with Gasteiger partial charge in [0.25, 0.3) is 0 Å². The number of aliphatic hydroxyl groups is 1. The van der Waals surface area contributed by atoms with Crippen LogP contribution in [-0.2, 0) is 23.8 Å². The molecule has 1 aliphatic heterocycles. The van der Waals surface area contributed by atoms with E-state index >= 15 is 0 Å². The Balaban J connectivity index is 2.14. The van der Waals surface area contributed by atoms with E-state index in [2.05, 4.69) is 4.90 Å². The first-order valence-electron chi connectivity index (χ1n) is 8.43. The number of aliphatic hydroxyl groups excluding tert-OH is 1. The largest absolute Gasteiger partial charge is 0.466 e. The molecule has 2 fully saturated rings. The predicted octanol–water partition coefficient (Wildman–Crippen LogP) is 0.201. The normalized spacial score (nSPS) is 32.3. The minimum atomic E-state index is -0.935. The van der Waals surface area contributed by atoms with Crippen molar-refractivity contribution >= 4 is 11.9 Å². The molecule has 1 heterocycles. The molecule has 1 N–H and O–H groups in total. The van der Waals surface area contributed by atoms with Gasteiger partial charge in [0.1, 0.15) is 0 Å². The molecule has 4 atom stereocenters. The SMILES string of the molecule is CCOC(=O)[C@H]1[C@H](O)[C@@H](N2CCOCC2)CC[C@@H]1C(=O)OCC. The van der Waals surface area contributed by atoms with Crippen LogP contribution in [0.15, 0.2) is 0 Å². The van der Waals surface area contributed by atoms with E-state index in [1.165, 1.54) is 0 Å². The molecule has 132 valence electrons. The van der Waals surface area contributed by atoms with Gasteiger partial charge >= 0.3 is 11.9 Å². The molecule has 0 amide bonds. The summed E-state index contributed by atoms with van der Waals surface area (Å²) >= 11 is 0. The van der Waals surface area contributed by atoms with Gasteiger partial charge in [-0.2, -0.15) is 0 Å². The van der Waals surface area contributed by atoms with Crippen molar-refractivity contribution in [1.82, 2.24) is 4.90 Å². The van der Waals surface area contributed by atoms with Crippen LogP contribution in [0.25, 0.3) is 0 Å². The fourth-order valence-corrected chi connectivity index (χ4v) is 3.54. The van der Waals surface area contributed by atoms with Gasteiger partial charge in [-0.15, -0.1) is 0 Å². The van der Waals surface area contributed by atoms with Crippen LogP contribution in [0.3, 0.4) is 0 Å².